The molecule has 1 heterocycles. The molecule has 0 spiro atoms. The fourth-order valence-electron chi connectivity index (χ4n) is 2.32. The summed E-state index contributed by atoms with van der Waals surface area (Å²) in [5.74, 6) is 0.348. The molecule has 2 rings (SSSR count). The lowest BCUT2D eigenvalue weighted by molar-refractivity contribution is 0.169. The molecule has 0 radical (unpaired) electrons. The van der Waals surface area contributed by atoms with Gasteiger partial charge >= 0.3 is 0 Å². The average Bonchev–Trinajstić information content (AvgIpc) is 2.91. The van der Waals surface area contributed by atoms with Crippen molar-refractivity contribution in [1.82, 2.24) is 14.8 Å². The topological polar surface area (TPSA) is 69.6 Å². The van der Waals surface area contributed by atoms with Crippen LogP contribution in [0.4, 0.5) is 5.82 Å². The van der Waals surface area contributed by atoms with Crippen LogP contribution in [0.2, 0.25) is 0 Å². The zero-order valence-electron chi connectivity index (χ0n) is 14.3. The smallest absolute Gasteiger partial charge is 0.215 e. The van der Waals surface area contributed by atoms with E-state index in [1.807, 2.05) is 29.3 Å². The molecule has 6 nitrogen and oxygen atoms in total. The van der Waals surface area contributed by atoms with E-state index >= 15 is 0 Å². The summed E-state index contributed by atoms with van der Waals surface area (Å²) in [7, 11) is 0. The number of hydrogen-bond acceptors (Lipinski definition) is 4. The molecular weight excluding hydrogens is 368 g/mol. The largest absolute Gasteiger partial charge is 0.273 e. The van der Waals surface area contributed by atoms with E-state index in [1.54, 1.807) is 10.9 Å². The number of aromatic nitrogens is 2. The van der Waals surface area contributed by atoms with Crippen LogP contribution in [0.5, 0.6) is 0 Å². The van der Waals surface area contributed by atoms with Gasteiger partial charge in [-0.3, -0.25) is 9.69 Å². The van der Waals surface area contributed by atoms with Gasteiger partial charge in [-0.15, -0.1) is 10.2 Å². The zero-order valence-corrected chi connectivity index (χ0v) is 15.9. The summed E-state index contributed by atoms with van der Waals surface area (Å²) < 4.78 is 2.74. The van der Waals surface area contributed by atoms with Gasteiger partial charge in [-0.2, -0.15) is 5.26 Å². The number of rotatable bonds is 6. The molecule has 0 N–H and O–H groups in total. The van der Waals surface area contributed by atoms with Crippen molar-refractivity contribution in [2.75, 3.05) is 0 Å². The van der Waals surface area contributed by atoms with Gasteiger partial charge in [0.15, 0.2) is 0 Å². The minimum Gasteiger partial charge on any atom is -0.273 e. The fourth-order valence-corrected chi connectivity index (χ4v) is 2.58. The lowest BCUT2D eigenvalue weighted by Gasteiger charge is -2.25. The Kier molecular flexibility index (Phi) is 6.10. The van der Waals surface area contributed by atoms with Crippen molar-refractivity contribution in [3.8, 4) is 6.07 Å². The molecule has 0 unspecified atom stereocenters. The first kappa shape index (κ1) is 18.1. The van der Waals surface area contributed by atoms with Crippen molar-refractivity contribution in [2.45, 2.75) is 46.3 Å². The first-order valence-electron chi connectivity index (χ1n) is 7.82. The van der Waals surface area contributed by atoms with Crippen LogP contribution >= 0.6 is 15.9 Å². The Morgan fingerprint density at radius 1 is 1.21 bits per heavy atom. The molecule has 1 aromatic carbocycles. The van der Waals surface area contributed by atoms with E-state index in [1.165, 1.54) is 0 Å². The number of nitrogens with zero attached hydrogens (tertiary/aromatic N) is 6. The number of benzene rings is 1. The van der Waals surface area contributed by atoms with Gasteiger partial charge < -0.3 is 0 Å². The molecule has 0 bridgehead atoms. The predicted octanol–water partition coefficient (Wildman–Crippen LogP) is 4.68. The van der Waals surface area contributed by atoms with E-state index in [2.05, 4.69) is 65.1 Å². The molecule has 24 heavy (non-hydrogen) atoms. The van der Waals surface area contributed by atoms with Gasteiger partial charge in [0.2, 0.25) is 5.82 Å². The van der Waals surface area contributed by atoms with E-state index in [0.717, 1.165) is 10.0 Å². The highest BCUT2D eigenvalue weighted by atomic mass is 79.9. The van der Waals surface area contributed by atoms with Crippen LogP contribution in [0.3, 0.4) is 0 Å². The highest BCUT2D eigenvalue weighted by Gasteiger charge is 2.13. The van der Waals surface area contributed by atoms with E-state index in [0.29, 0.717) is 17.9 Å². The van der Waals surface area contributed by atoms with Crippen LogP contribution in [-0.4, -0.2) is 26.9 Å². The molecular formula is C17H21BrN6. The third-order valence-electron chi connectivity index (χ3n) is 3.42. The van der Waals surface area contributed by atoms with Crippen LogP contribution < -0.4 is 0 Å². The molecule has 1 aromatic heterocycles. The molecule has 0 saturated carbocycles. The number of halogens is 1. The van der Waals surface area contributed by atoms with E-state index < -0.39 is 0 Å². The summed E-state index contributed by atoms with van der Waals surface area (Å²) in [6.07, 6.45) is 1.70. The van der Waals surface area contributed by atoms with Gasteiger partial charge in [-0.25, -0.2) is 0 Å². The Labute approximate surface area is 150 Å². The first-order chi connectivity index (χ1) is 11.4. The zero-order chi connectivity index (χ0) is 17.7. The van der Waals surface area contributed by atoms with Crippen LogP contribution in [0.15, 0.2) is 45.3 Å². The molecule has 0 aliphatic heterocycles. The maximum Gasteiger partial charge on any atom is 0.215 e. The second-order valence-electron chi connectivity index (χ2n) is 6.06. The van der Waals surface area contributed by atoms with Gasteiger partial charge in [-0.05, 0) is 45.4 Å². The summed E-state index contributed by atoms with van der Waals surface area (Å²) in [6.45, 7) is 8.79. The third-order valence-corrected chi connectivity index (χ3v) is 3.95. The minimum atomic E-state index is 0.226. The average molecular weight is 389 g/mol. The summed E-state index contributed by atoms with van der Waals surface area (Å²) in [6, 6.07) is 10.6. The quantitative estimate of drug-likeness (QED) is 0.532. The Morgan fingerprint density at radius 3 is 2.38 bits per heavy atom. The van der Waals surface area contributed by atoms with Crippen molar-refractivity contribution in [2.24, 2.45) is 10.3 Å². The van der Waals surface area contributed by atoms with E-state index in [4.69, 9.17) is 0 Å². The minimum absolute atomic E-state index is 0.226. The monoisotopic (exact) mass is 388 g/mol. The molecule has 0 aliphatic carbocycles. The lowest BCUT2D eigenvalue weighted by atomic mass is 10.2. The molecule has 7 heteroatoms. The Balaban J connectivity index is 2.21. The van der Waals surface area contributed by atoms with Crippen molar-refractivity contribution in [3.63, 3.8) is 0 Å². The van der Waals surface area contributed by atoms with Crippen LogP contribution in [0, 0.1) is 11.3 Å². The summed E-state index contributed by atoms with van der Waals surface area (Å²) in [4.78, 5) is 0. The van der Waals surface area contributed by atoms with Gasteiger partial charge in [-0.1, -0.05) is 33.3 Å². The van der Waals surface area contributed by atoms with Crippen molar-refractivity contribution >= 4 is 21.7 Å². The predicted molar refractivity (Wildman–Crippen MR) is 96.8 cm³/mol. The maximum absolute atomic E-state index is 9.29. The SMILES string of the molecule is CC(C)N(N=Nc1nn(Cc2ccc(Br)cc2)cc1C#N)C(C)C. The van der Waals surface area contributed by atoms with Crippen LogP contribution in [-0.2, 0) is 6.54 Å². The standard InChI is InChI=1S/C17H21BrN6/c1-12(2)24(13(3)4)22-20-17-15(9-19)11-23(21-17)10-14-5-7-16(18)8-6-14/h5-8,11-13H,10H2,1-4H3. The molecule has 0 atom stereocenters. The first-order valence-corrected chi connectivity index (χ1v) is 8.62. The Bertz CT molecular complexity index is 731. The third kappa shape index (κ3) is 4.65. The summed E-state index contributed by atoms with van der Waals surface area (Å²) in [5, 5.41) is 24.0. The lowest BCUT2D eigenvalue weighted by Crippen LogP contribution is -2.31. The summed E-state index contributed by atoms with van der Waals surface area (Å²) in [5.41, 5.74) is 1.52. The molecule has 0 aliphatic rings. The Morgan fingerprint density at radius 2 is 1.83 bits per heavy atom. The summed E-state index contributed by atoms with van der Waals surface area (Å²) >= 11 is 3.42. The molecule has 0 saturated heterocycles. The normalized spacial score (nSPS) is 11.4. The molecule has 2 aromatic rings. The van der Waals surface area contributed by atoms with Gasteiger partial charge in [0.05, 0.1) is 6.54 Å². The van der Waals surface area contributed by atoms with Crippen molar-refractivity contribution in [3.05, 3.63) is 46.1 Å². The second-order valence-corrected chi connectivity index (χ2v) is 6.97. The molecule has 0 fully saturated rings. The maximum atomic E-state index is 9.29. The van der Waals surface area contributed by atoms with Gasteiger partial charge in [0.25, 0.3) is 0 Å². The second kappa shape index (κ2) is 8.06. The highest BCUT2D eigenvalue weighted by Crippen LogP contribution is 2.19. The van der Waals surface area contributed by atoms with Crippen LogP contribution in [0.25, 0.3) is 0 Å². The molecule has 0 amide bonds. The Hall–Kier alpha value is -2.20. The molecule has 126 valence electrons. The van der Waals surface area contributed by atoms with Gasteiger partial charge in [0.1, 0.15) is 11.6 Å². The van der Waals surface area contributed by atoms with Crippen molar-refractivity contribution < 1.29 is 0 Å². The van der Waals surface area contributed by atoms with E-state index in [-0.39, 0.29) is 12.1 Å². The van der Waals surface area contributed by atoms with E-state index in [9.17, 15) is 5.26 Å². The van der Waals surface area contributed by atoms with Crippen LogP contribution in [0.1, 0.15) is 38.8 Å². The van der Waals surface area contributed by atoms with Gasteiger partial charge in [0, 0.05) is 22.8 Å². The fraction of sp³-hybridized carbons (Fsp3) is 0.412. The number of nitriles is 1. The number of hydrogen-bond donors (Lipinski definition) is 0. The van der Waals surface area contributed by atoms with Crippen molar-refractivity contribution in [1.29, 1.82) is 5.26 Å². The highest BCUT2D eigenvalue weighted by molar-refractivity contribution is 9.10.